The van der Waals surface area contributed by atoms with Gasteiger partial charge in [0.05, 0.1) is 5.56 Å². The van der Waals surface area contributed by atoms with Crippen LogP contribution in [-0.2, 0) is 6.18 Å². The number of alkyl halides is 3. The van der Waals surface area contributed by atoms with Crippen LogP contribution in [0, 0.1) is 0 Å². The third-order valence-corrected chi connectivity index (χ3v) is 2.55. The predicted molar refractivity (Wildman–Crippen MR) is 51.2 cm³/mol. The van der Waals surface area contributed by atoms with Gasteiger partial charge in [-0.2, -0.15) is 18.2 Å². The molecule has 2 N–H and O–H groups in total. The average molecular weight is 246 g/mol. The minimum absolute atomic E-state index is 0.0800. The number of urea groups is 1. The summed E-state index contributed by atoms with van der Waals surface area (Å²) in [5.41, 5.74) is -0.566. The Labute approximate surface area is 94.6 Å². The molecule has 2 amide bonds. The maximum Gasteiger partial charge on any atom is 0.416 e. The van der Waals surface area contributed by atoms with Gasteiger partial charge in [0.25, 0.3) is 0 Å². The Bertz CT molecular complexity index is 447. The van der Waals surface area contributed by atoms with Gasteiger partial charge < -0.3 is 5.32 Å². The number of hydroxylamine groups is 2. The Hall–Kier alpha value is -1.76. The van der Waals surface area contributed by atoms with Crippen molar-refractivity contribution in [2.75, 3.05) is 6.54 Å². The molecule has 7 heteroatoms. The van der Waals surface area contributed by atoms with E-state index in [4.69, 9.17) is 0 Å². The molecule has 0 saturated carbocycles. The van der Waals surface area contributed by atoms with Crippen LogP contribution in [0.1, 0.15) is 17.2 Å². The first-order chi connectivity index (χ1) is 7.89. The van der Waals surface area contributed by atoms with Crippen LogP contribution in [0.5, 0.6) is 0 Å². The van der Waals surface area contributed by atoms with Gasteiger partial charge in [-0.3, -0.25) is 5.21 Å². The summed E-state index contributed by atoms with van der Waals surface area (Å²) in [4.78, 5) is 11.0. The Morgan fingerprint density at radius 1 is 1.41 bits per heavy atom. The fourth-order valence-electron chi connectivity index (χ4n) is 1.67. The molecular weight excluding hydrogens is 237 g/mol. The summed E-state index contributed by atoms with van der Waals surface area (Å²) in [5.74, 6) is 0. The molecule has 1 aromatic carbocycles. The van der Waals surface area contributed by atoms with Crippen molar-refractivity contribution in [2.24, 2.45) is 0 Å². The van der Waals surface area contributed by atoms with Gasteiger partial charge in [0.1, 0.15) is 6.04 Å². The third-order valence-electron chi connectivity index (χ3n) is 2.55. The molecule has 0 bridgehead atoms. The maximum absolute atomic E-state index is 12.5. The largest absolute Gasteiger partial charge is 0.416 e. The minimum Gasteiger partial charge on any atom is -0.334 e. The van der Waals surface area contributed by atoms with Crippen LogP contribution in [-0.4, -0.2) is 22.8 Å². The molecule has 1 aliphatic rings. The zero-order valence-electron chi connectivity index (χ0n) is 8.53. The number of hydrogen-bond acceptors (Lipinski definition) is 2. The topological polar surface area (TPSA) is 52.6 Å². The van der Waals surface area contributed by atoms with Crippen LogP contribution in [0.15, 0.2) is 24.3 Å². The summed E-state index contributed by atoms with van der Waals surface area (Å²) in [6, 6.07) is 3.04. The summed E-state index contributed by atoms with van der Waals surface area (Å²) in [6.07, 6.45) is -4.44. The fourth-order valence-corrected chi connectivity index (χ4v) is 1.67. The Morgan fingerprint density at radius 3 is 2.65 bits per heavy atom. The summed E-state index contributed by atoms with van der Waals surface area (Å²) in [7, 11) is 0. The first kappa shape index (κ1) is 11.7. The monoisotopic (exact) mass is 246 g/mol. The van der Waals surface area contributed by atoms with Crippen molar-refractivity contribution >= 4 is 6.03 Å². The standard InChI is InChI=1S/C10H9F3N2O2/c11-10(12,13)7-3-1-2-6(4-7)8-5-14-9(16)15(8)17/h1-4,8,17H,5H2,(H,14,16). The lowest BCUT2D eigenvalue weighted by atomic mass is 10.0. The van der Waals surface area contributed by atoms with Crippen LogP contribution in [0.4, 0.5) is 18.0 Å². The van der Waals surface area contributed by atoms with Crippen molar-refractivity contribution < 1.29 is 23.2 Å². The molecule has 1 heterocycles. The second kappa shape index (κ2) is 3.92. The van der Waals surface area contributed by atoms with Crippen molar-refractivity contribution in [1.29, 1.82) is 0 Å². The van der Waals surface area contributed by atoms with E-state index in [2.05, 4.69) is 5.32 Å². The number of halogens is 3. The summed E-state index contributed by atoms with van der Waals surface area (Å²) >= 11 is 0. The van der Waals surface area contributed by atoms with Crippen molar-refractivity contribution in [3.63, 3.8) is 0 Å². The van der Waals surface area contributed by atoms with E-state index < -0.39 is 23.8 Å². The molecule has 0 aromatic heterocycles. The minimum atomic E-state index is -4.44. The molecule has 0 aliphatic carbocycles. The van der Waals surface area contributed by atoms with Gasteiger partial charge in [0, 0.05) is 6.54 Å². The van der Waals surface area contributed by atoms with Gasteiger partial charge >= 0.3 is 12.2 Å². The Balaban J connectivity index is 2.31. The lowest BCUT2D eigenvalue weighted by molar-refractivity contribution is -0.137. The van der Waals surface area contributed by atoms with E-state index in [-0.39, 0.29) is 12.1 Å². The summed E-state index contributed by atoms with van der Waals surface area (Å²) in [6.45, 7) is 0.0800. The molecule has 1 aliphatic heterocycles. The zero-order valence-corrected chi connectivity index (χ0v) is 8.53. The molecule has 1 aromatic rings. The Kier molecular flexibility index (Phi) is 2.70. The summed E-state index contributed by atoms with van der Waals surface area (Å²) < 4.78 is 37.4. The lowest BCUT2D eigenvalue weighted by Gasteiger charge is -2.17. The first-order valence-corrected chi connectivity index (χ1v) is 4.82. The van der Waals surface area contributed by atoms with Crippen molar-refractivity contribution in [3.8, 4) is 0 Å². The molecule has 1 atom stereocenters. The molecule has 4 nitrogen and oxygen atoms in total. The second-order valence-electron chi connectivity index (χ2n) is 3.67. The molecule has 0 radical (unpaired) electrons. The molecular formula is C10H9F3N2O2. The molecule has 1 saturated heterocycles. The summed E-state index contributed by atoms with van der Waals surface area (Å²) in [5, 5.41) is 12.1. The van der Waals surface area contributed by atoms with Crippen LogP contribution in [0.2, 0.25) is 0 Å². The number of nitrogens with one attached hydrogen (secondary N) is 1. The SMILES string of the molecule is O=C1NCC(c2cccc(C(F)(F)F)c2)N1O. The quantitative estimate of drug-likeness (QED) is 0.746. The second-order valence-corrected chi connectivity index (χ2v) is 3.67. The number of amides is 2. The van der Waals surface area contributed by atoms with Crippen molar-refractivity contribution in [1.82, 2.24) is 10.4 Å². The van der Waals surface area contributed by atoms with Gasteiger partial charge in [-0.1, -0.05) is 12.1 Å². The van der Waals surface area contributed by atoms with E-state index in [1.165, 1.54) is 12.1 Å². The van der Waals surface area contributed by atoms with Crippen LogP contribution < -0.4 is 5.32 Å². The van der Waals surface area contributed by atoms with E-state index >= 15 is 0 Å². The molecule has 1 fully saturated rings. The average Bonchev–Trinajstić information content (AvgIpc) is 2.59. The number of carbonyl (C=O) groups excluding carboxylic acids is 1. The number of benzene rings is 1. The first-order valence-electron chi connectivity index (χ1n) is 4.82. The molecule has 17 heavy (non-hydrogen) atoms. The number of hydrogen-bond donors (Lipinski definition) is 2. The van der Waals surface area contributed by atoms with Gasteiger partial charge in [0.2, 0.25) is 0 Å². The number of nitrogens with zero attached hydrogens (tertiary/aromatic N) is 1. The highest BCUT2D eigenvalue weighted by Crippen LogP contribution is 2.32. The fraction of sp³-hybridized carbons (Fsp3) is 0.300. The van der Waals surface area contributed by atoms with Gasteiger partial charge in [0.15, 0.2) is 0 Å². The lowest BCUT2D eigenvalue weighted by Crippen LogP contribution is -2.26. The van der Waals surface area contributed by atoms with Crippen molar-refractivity contribution in [2.45, 2.75) is 12.2 Å². The number of rotatable bonds is 1. The highest BCUT2D eigenvalue weighted by molar-refractivity contribution is 5.75. The van der Waals surface area contributed by atoms with Gasteiger partial charge in [-0.15, -0.1) is 0 Å². The highest BCUT2D eigenvalue weighted by Gasteiger charge is 2.34. The highest BCUT2D eigenvalue weighted by atomic mass is 19.4. The van der Waals surface area contributed by atoms with Crippen LogP contribution in [0.3, 0.4) is 0 Å². The smallest absolute Gasteiger partial charge is 0.334 e. The molecule has 2 rings (SSSR count). The van der Waals surface area contributed by atoms with E-state index in [1.807, 2.05) is 0 Å². The third kappa shape index (κ3) is 2.19. The van der Waals surface area contributed by atoms with Crippen LogP contribution in [0.25, 0.3) is 0 Å². The molecule has 92 valence electrons. The normalized spacial score (nSPS) is 20.6. The van der Waals surface area contributed by atoms with E-state index in [9.17, 15) is 23.2 Å². The van der Waals surface area contributed by atoms with E-state index in [1.54, 1.807) is 0 Å². The van der Waals surface area contributed by atoms with Gasteiger partial charge in [-0.25, -0.2) is 4.79 Å². The zero-order chi connectivity index (χ0) is 12.6. The Morgan fingerprint density at radius 2 is 2.12 bits per heavy atom. The van der Waals surface area contributed by atoms with Crippen molar-refractivity contribution in [3.05, 3.63) is 35.4 Å². The molecule has 0 spiro atoms. The van der Waals surface area contributed by atoms with E-state index in [0.717, 1.165) is 12.1 Å². The van der Waals surface area contributed by atoms with Gasteiger partial charge in [-0.05, 0) is 17.7 Å². The maximum atomic E-state index is 12.5. The van der Waals surface area contributed by atoms with E-state index in [0.29, 0.717) is 5.06 Å². The predicted octanol–water partition coefficient (Wildman–Crippen LogP) is 2.16. The van der Waals surface area contributed by atoms with Crippen LogP contribution >= 0.6 is 0 Å². The number of carbonyl (C=O) groups is 1. The molecule has 1 unspecified atom stereocenters.